The molecule has 0 unspecified atom stereocenters. The SMILES string of the molecule is O=C(O)Cn1c(-c2ccccc2)cc2cc(F)ccc21. The number of fused-ring (bicyclic) bond motifs is 1. The van der Waals surface area contributed by atoms with Crippen LogP contribution >= 0.6 is 0 Å². The summed E-state index contributed by atoms with van der Waals surface area (Å²) in [5.74, 6) is -1.26. The van der Waals surface area contributed by atoms with Crippen LogP contribution in [0.5, 0.6) is 0 Å². The van der Waals surface area contributed by atoms with E-state index in [0.717, 1.165) is 11.3 Å². The summed E-state index contributed by atoms with van der Waals surface area (Å²) in [6, 6.07) is 15.7. The van der Waals surface area contributed by atoms with Crippen LogP contribution in [0.3, 0.4) is 0 Å². The molecule has 2 aromatic carbocycles. The Morgan fingerprint density at radius 3 is 2.55 bits per heavy atom. The van der Waals surface area contributed by atoms with Gasteiger partial charge >= 0.3 is 5.97 Å². The van der Waals surface area contributed by atoms with Crippen molar-refractivity contribution in [2.24, 2.45) is 0 Å². The van der Waals surface area contributed by atoms with Crippen LogP contribution in [0.2, 0.25) is 0 Å². The first-order valence-electron chi connectivity index (χ1n) is 6.21. The molecule has 0 radical (unpaired) electrons. The number of nitrogens with zero attached hydrogens (tertiary/aromatic N) is 1. The fourth-order valence-electron chi connectivity index (χ4n) is 2.40. The quantitative estimate of drug-likeness (QED) is 0.790. The van der Waals surface area contributed by atoms with Gasteiger partial charge in [-0.05, 0) is 29.8 Å². The molecule has 1 aromatic heterocycles. The Balaban J connectivity index is 2.27. The summed E-state index contributed by atoms with van der Waals surface area (Å²) in [7, 11) is 0. The van der Waals surface area contributed by atoms with E-state index < -0.39 is 5.97 Å². The third-order valence-corrected chi connectivity index (χ3v) is 3.23. The molecule has 3 nitrogen and oxygen atoms in total. The van der Waals surface area contributed by atoms with Crippen LogP contribution in [0.15, 0.2) is 54.6 Å². The van der Waals surface area contributed by atoms with Gasteiger partial charge in [-0.25, -0.2) is 4.39 Å². The normalized spacial score (nSPS) is 10.8. The lowest BCUT2D eigenvalue weighted by atomic mass is 10.1. The molecule has 3 rings (SSSR count). The molecule has 0 fully saturated rings. The maximum Gasteiger partial charge on any atom is 0.323 e. The highest BCUT2D eigenvalue weighted by atomic mass is 19.1. The van der Waals surface area contributed by atoms with Crippen molar-refractivity contribution in [3.8, 4) is 11.3 Å². The number of benzene rings is 2. The average molecular weight is 269 g/mol. The molecule has 0 aliphatic carbocycles. The number of hydrogen-bond acceptors (Lipinski definition) is 1. The Hall–Kier alpha value is -2.62. The highest BCUT2D eigenvalue weighted by molar-refractivity contribution is 5.88. The Morgan fingerprint density at radius 1 is 1.10 bits per heavy atom. The summed E-state index contributed by atoms with van der Waals surface area (Å²) in [5, 5.41) is 9.77. The molecule has 0 spiro atoms. The second kappa shape index (κ2) is 4.81. The standard InChI is InChI=1S/C16H12FNO2/c17-13-6-7-14-12(8-13)9-15(18(14)10-16(19)20)11-4-2-1-3-5-11/h1-9H,10H2,(H,19,20). The summed E-state index contributed by atoms with van der Waals surface area (Å²) >= 11 is 0. The van der Waals surface area contributed by atoms with Crippen LogP contribution in [0.25, 0.3) is 22.2 Å². The average Bonchev–Trinajstić information content (AvgIpc) is 2.77. The van der Waals surface area contributed by atoms with Gasteiger partial charge in [-0.3, -0.25) is 4.79 Å². The van der Waals surface area contributed by atoms with Gasteiger partial charge in [0.25, 0.3) is 0 Å². The number of halogens is 1. The van der Waals surface area contributed by atoms with E-state index in [4.69, 9.17) is 5.11 Å². The largest absolute Gasteiger partial charge is 0.480 e. The molecule has 0 aliphatic heterocycles. The monoisotopic (exact) mass is 269 g/mol. The molecule has 0 bridgehead atoms. The smallest absolute Gasteiger partial charge is 0.323 e. The van der Waals surface area contributed by atoms with Crippen molar-refractivity contribution in [3.63, 3.8) is 0 Å². The van der Waals surface area contributed by atoms with Gasteiger partial charge < -0.3 is 9.67 Å². The van der Waals surface area contributed by atoms with Crippen LogP contribution in [0.4, 0.5) is 4.39 Å². The van der Waals surface area contributed by atoms with E-state index in [2.05, 4.69) is 0 Å². The van der Waals surface area contributed by atoms with Gasteiger partial charge in [-0.2, -0.15) is 0 Å². The minimum atomic E-state index is -0.927. The first-order chi connectivity index (χ1) is 9.65. The van der Waals surface area contributed by atoms with Gasteiger partial charge in [0.15, 0.2) is 0 Å². The van der Waals surface area contributed by atoms with E-state index in [9.17, 15) is 9.18 Å². The molecular weight excluding hydrogens is 257 g/mol. The fraction of sp³-hybridized carbons (Fsp3) is 0.0625. The van der Waals surface area contributed by atoms with Crippen molar-refractivity contribution in [3.05, 3.63) is 60.4 Å². The van der Waals surface area contributed by atoms with Crippen LogP contribution in [0, 0.1) is 5.82 Å². The van der Waals surface area contributed by atoms with Crippen LogP contribution in [-0.4, -0.2) is 15.6 Å². The lowest BCUT2D eigenvalue weighted by molar-refractivity contribution is -0.137. The fourth-order valence-corrected chi connectivity index (χ4v) is 2.40. The van der Waals surface area contributed by atoms with Crippen LogP contribution < -0.4 is 0 Å². The zero-order chi connectivity index (χ0) is 14.1. The number of aliphatic carboxylic acids is 1. The van der Waals surface area contributed by atoms with Crippen molar-refractivity contribution >= 4 is 16.9 Å². The van der Waals surface area contributed by atoms with Gasteiger partial charge in [-0.1, -0.05) is 30.3 Å². The molecule has 20 heavy (non-hydrogen) atoms. The van der Waals surface area contributed by atoms with Crippen molar-refractivity contribution in [2.45, 2.75) is 6.54 Å². The molecule has 0 saturated carbocycles. The Bertz CT molecular complexity index is 778. The second-order valence-electron chi connectivity index (χ2n) is 4.58. The number of hydrogen-bond donors (Lipinski definition) is 1. The van der Waals surface area contributed by atoms with E-state index in [1.54, 1.807) is 10.6 Å². The molecule has 4 heteroatoms. The van der Waals surface area contributed by atoms with Crippen LogP contribution in [-0.2, 0) is 11.3 Å². The molecule has 100 valence electrons. The Labute approximate surface area is 114 Å². The minimum Gasteiger partial charge on any atom is -0.480 e. The molecule has 1 heterocycles. The molecule has 0 saturated heterocycles. The highest BCUT2D eigenvalue weighted by Crippen LogP contribution is 2.28. The number of carboxylic acids is 1. The maximum absolute atomic E-state index is 13.3. The Kier molecular flexibility index (Phi) is 2.99. The second-order valence-corrected chi connectivity index (χ2v) is 4.58. The van der Waals surface area contributed by atoms with Gasteiger partial charge in [0.05, 0.1) is 0 Å². The van der Waals surface area contributed by atoms with E-state index >= 15 is 0 Å². The molecule has 1 N–H and O–H groups in total. The van der Waals surface area contributed by atoms with Crippen LogP contribution in [0.1, 0.15) is 0 Å². The number of rotatable bonds is 3. The summed E-state index contributed by atoms with van der Waals surface area (Å²) < 4.78 is 15.0. The predicted molar refractivity (Wildman–Crippen MR) is 75.0 cm³/mol. The molecular formula is C16H12FNO2. The minimum absolute atomic E-state index is 0.153. The topological polar surface area (TPSA) is 42.2 Å². The maximum atomic E-state index is 13.3. The summed E-state index contributed by atoms with van der Waals surface area (Å²) in [6.07, 6.45) is 0. The van der Waals surface area contributed by atoms with Crippen molar-refractivity contribution in [1.82, 2.24) is 4.57 Å². The van der Waals surface area contributed by atoms with Gasteiger partial charge in [-0.15, -0.1) is 0 Å². The van der Waals surface area contributed by atoms with E-state index in [1.165, 1.54) is 12.1 Å². The number of aromatic nitrogens is 1. The van der Waals surface area contributed by atoms with E-state index in [0.29, 0.717) is 10.9 Å². The summed E-state index contributed by atoms with van der Waals surface area (Å²) in [4.78, 5) is 11.1. The zero-order valence-corrected chi connectivity index (χ0v) is 10.6. The first-order valence-corrected chi connectivity index (χ1v) is 6.21. The van der Waals surface area contributed by atoms with Gasteiger partial charge in [0, 0.05) is 16.6 Å². The van der Waals surface area contributed by atoms with E-state index in [-0.39, 0.29) is 12.4 Å². The molecule has 0 atom stereocenters. The lowest BCUT2D eigenvalue weighted by Crippen LogP contribution is -2.09. The number of carboxylic acid groups (broad SMARTS) is 1. The molecule has 0 amide bonds. The highest BCUT2D eigenvalue weighted by Gasteiger charge is 2.13. The van der Waals surface area contributed by atoms with Crippen molar-refractivity contribution in [1.29, 1.82) is 0 Å². The van der Waals surface area contributed by atoms with Gasteiger partial charge in [0.1, 0.15) is 12.4 Å². The summed E-state index contributed by atoms with van der Waals surface area (Å²) in [5.41, 5.74) is 2.40. The molecule has 0 aliphatic rings. The number of carbonyl (C=O) groups is 1. The van der Waals surface area contributed by atoms with Gasteiger partial charge in [0.2, 0.25) is 0 Å². The predicted octanol–water partition coefficient (Wildman–Crippen LogP) is 3.53. The van der Waals surface area contributed by atoms with Crippen molar-refractivity contribution < 1.29 is 14.3 Å². The van der Waals surface area contributed by atoms with E-state index in [1.807, 2.05) is 36.4 Å². The molecule has 3 aromatic rings. The van der Waals surface area contributed by atoms with Crippen molar-refractivity contribution in [2.75, 3.05) is 0 Å². The lowest BCUT2D eigenvalue weighted by Gasteiger charge is -2.08. The third kappa shape index (κ3) is 2.16. The first kappa shape index (κ1) is 12.4. The summed E-state index contributed by atoms with van der Waals surface area (Å²) in [6.45, 7) is -0.153. The zero-order valence-electron chi connectivity index (χ0n) is 10.6. The third-order valence-electron chi connectivity index (χ3n) is 3.23. The Morgan fingerprint density at radius 2 is 1.85 bits per heavy atom.